The lowest BCUT2D eigenvalue weighted by Crippen LogP contribution is -2.51. The van der Waals surface area contributed by atoms with Gasteiger partial charge in [0.1, 0.15) is 18.7 Å². The third-order valence-electron chi connectivity index (χ3n) is 20.2. The van der Waals surface area contributed by atoms with Gasteiger partial charge in [-0.05, 0) is 171 Å². The van der Waals surface area contributed by atoms with E-state index in [1.54, 1.807) is 16.7 Å². The number of esters is 5. The summed E-state index contributed by atoms with van der Waals surface area (Å²) in [6.07, 6.45) is 25.6. The summed E-state index contributed by atoms with van der Waals surface area (Å²) in [4.78, 5) is 118. The minimum absolute atomic E-state index is 0. The number of hydrogen-bond acceptors (Lipinski definition) is 34. The maximum atomic E-state index is 12.6. The number of nitrogens with zero attached hydrogens (tertiary/aromatic N) is 3. The molecule has 0 spiro atoms. The highest BCUT2D eigenvalue weighted by Gasteiger charge is 2.39. The zero-order valence-corrected chi connectivity index (χ0v) is 74.7. The summed E-state index contributed by atoms with van der Waals surface area (Å²) >= 11 is 1.35. The van der Waals surface area contributed by atoms with E-state index in [9.17, 15) is 47.9 Å². The molecular formula is C76H126ClN5O32S5. The third-order valence-corrected chi connectivity index (χ3v) is 21.3. The van der Waals surface area contributed by atoms with Gasteiger partial charge in [-0.2, -0.15) is 0 Å². The number of carboxylic acid groups (broad SMARTS) is 1. The molecule has 0 unspecified atom stereocenters. The molecule has 11 fully saturated rings. The van der Waals surface area contributed by atoms with Gasteiger partial charge in [-0.15, -0.1) is 62.9 Å². The number of rotatable bonds is 11. The molecule has 5 aliphatic carbocycles. The van der Waals surface area contributed by atoms with Crippen LogP contribution in [0.5, 0.6) is 0 Å². The number of morpholine rings is 2. The zero-order valence-electron chi connectivity index (χ0n) is 69.8. The smallest absolute Gasteiger partial charge is 0.425 e. The first-order valence-corrected chi connectivity index (χ1v) is 44.5. The van der Waals surface area contributed by atoms with E-state index < -0.39 is 60.5 Å². The highest BCUT2D eigenvalue weighted by atomic mass is 35.5. The van der Waals surface area contributed by atoms with Gasteiger partial charge in [0, 0.05) is 58.1 Å². The number of carboxylic acids is 1. The molecule has 0 bridgehead atoms. The quantitative estimate of drug-likeness (QED) is 0.159. The molecular weight excluding hydrogens is 1690 g/mol. The summed E-state index contributed by atoms with van der Waals surface area (Å²) in [5, 5.41) is 15.2. The molecule has 10 atom stereocenters. The van der Waals surface area contributed by atoms with Crippen LogP contribution in [0, 0.1) is 47.3 Å². The second-order valence-electron chi connectivity index (χ2n) is 29.1. The Morgan fingerprint density at radius 3 is 1.19 bits per heavy atom. The van der Waals surface area contributed by atoms with E-state index in [0.717, 1.165) is 154 Å². The van der Waals surface area contributed by atoms with Crippen LogP contribution in [-0.4, -0.2) is 274 Å². The second-order valence-corrected chi connectivity index (χ2v) is 32.2. The number of carbonyl (C=O) groups excluding carboxylic acids is 9. The number of aliphatic carboxylic acids is 1. The number of hydrogen-bond donors (Lipinski definition) is 3. The van der Waals surface area contributed by atoms with Crippen molar-refractivity contribution in [3.05, 3.63) is 35.9 Å². The first kappa shape index (κ1) is 114. The molecule has 1 aromatic rings. The third kappa shape index (κ3) is 56.2. The molecule has 5 saturated carbocycles. The van der Waals surface area contributed by atoms with Crippen molar-refractivity contribution in [2.75, 3.05) is 121 Å². The van der Waals surface area contributed by atoms with Crippen molar-refractivity contribution in [1.82, 2.24) is 25.3 Å². The van der Waals surface area contributed by atoms with Crippen LogP contribution in [0.2, 0.25) is 0 Å². The lowest BCUT2D eigenvalue weighted by atomic mass is 10.1. The van der Waals surface area contributed by atoms with Crippen molar-refractivity contribution in [1.29, 1.82) is 0 Å². The maximum Gasteiger partial charge on any atom is 0.425 e. The summed E-state index contributed by atoms with van der Waals surface area (Å²) < 4.78 is 145. The highest BCUT2D eigenvalue weighted by molar-refractivity contribution is 8.14. The van der Waals surface area contributed by atoms with Gasteiger partial charge < -0.3 is 68.2 Å². The standard InChI is InChI=1S/C17H22N2O4.C9H16N2O2.C9H14O3S.2C8H14O2.C7H13NO2.C7H12O2.C6H10O2.C5H10O.ClH.4O3S/c20-16(18-9-11-22-12-10-18)15-7-4-8-19(15)17(21)23-13-14-5-2-1-3-6-14;12-9(8-2-1-3-10-8)11-4-6-13-7-5-11;1-6(10)13-8-4-3-7(5-8)9(11)12-2;2*1-6-3-4-7(5-6)8(9)10-2;1-5-3-6(8-4-5)7(9)10-2;1-9-7(8)6-4-2-3-5-6;7-6(8)5-3-1-2-4-5;1-2-4-6-5-3-1;;4*1-4(2)3/h1-3,5-6,15H,4,7-13H2;8,10H,1-7H2;7-8H,3-5H2,1-2H3;2*6-7H,3-5H2,1-2H3;5-6,8H,3-4H2,1-2H3;6H,2-5H2,1H3;5H,1-4H2,(H,7,8);1-5H2;1H;;;;/t15-;8-;7-,8-;2*6-,7+;5-,6-;;;;;;;;/m000110......../s1. The number of methoxy groups -OCH3 is 5. The molecule has 684 valence electrons. The number of halogens is 1. The first-order valence-electron chi connectivity index (χ1n) is 39.7. The molecule has 119 heavy (non-hydrogen) atoms. The van der Waals surface area contributed by atoms with Crippen molar-refractivity contribution in [2.45, 2.75) is 218 Å². The minimum Gasteiger partial charge on any atom is -0.481 e. The van der Waals surface area contributed by atoms with Crippen LogP contribution in [0.4, 0.5) is 4.79 Å². The zero-order chi connectivity index (χ0) is 88.9. The predicted molar refractivity (Wildman–Crippen MR) is 432 cm³/mol. The summed E-state index contributed by atoms with van der Waals surface area (Å²) in [5.41, 5.74) is 0.941. The lowest BCUT2D eigenvalue weighted by molar-refractivity contribution is -0.146. The summed E-state index contributed by atoms with van der Waals surface area (Å²) in [6.45, 7) is 18.0. The van der Waals surface area contributed by atoms with E-state index in [1.165, 1.54) is 92.3 Å². The molecule has 0 radical (unpaired) electrons. The second kappa shape index (κ2) is 69.4. The van der Waals surface area contributed by atoms with Gasteiger partial charge in [-0.25, -0.2) is 4.79 Å². The number of carbonyl (C=O) groups is 10. The summed E-state index contributed by atoms with van der Waals surface area (Å²) in [6, 6.07) is 9.19. The van der Waals surface area contributed by atoms with E-state index in [4.69, 9.17) is 74.6 Å². The Kier molecular flexibility index (Phi) is 66.4. The van der Waals surface area contributed by atoms with Crippen LogP contribution >= 0.6 is 24.2 Å². The number of nitrogens with one attached hydrogen (secondary N) is 2. The van der Waals surface area contributed by atoms with Gasteiger partial charge in [-0.1, -0.05) is 88.5 Å². The Labute approximate surface area is 715 Å². The van der Waals surface area contributed by atoms with Crippen LogP contribution in [-0.2, 0) is 135 Å². The number of amides is 3. The van der Waals surface area contributed by atoms with Gasteiger partial charge in [0.05, 0.1) is 97.6 Å². The average Bonchev–Trinajstić information content (AvgIpc) is 1.68. The van der Waals surface area contributed by atoms with Crippen LogP contribution < -0.4 is 10.6 Å². The molecule has 1 aromatic carbocycles. The van der Waals surface area contributed by atoms with Crippen molar-refractivity contribution < 1.29 is 146 Å². The average molecular weight is 1820 g/mol. The van der Waals surface area contributed by atoms with Gasteiger partial charge in [-0.3, -0.25) is 48.1 Å². The Morgan fingerprint density at radius 1 is 0.429 bits per heavy atom. The van der Waals surface area contributed by atoms with Crippen LogP contribution in [0.25, 0.3) is 0 Å². The van der Waals surface area contributed by atoms with Gasteiger partial charge >= 0.3 is 84.3 Å². The normalized spacial score (nSPS) is 23.4. The Bertz CT molecular complexity index is 3360. The largest absolute Gasteiger partial charge is 0.481 e. The summed E-state index contributed by atoms with van der Waals surface area (Å²) in [5.74, 6) is 1.96. The number of likely N-dealkylation sites (tertiary alicyclic amines) is 1. The fourth-order valence-electron chi connectivity index (χ4n) is 14.2. The van der Waals surface area contributed by atoms with E-state index >= 15 is 0 Å². The van der Waals surface area contributed by atoms with Crippen molar-refractivity contribution in [2.24, 2.45) is 47.3 Å². The fraction of sp³-hybridized carbons (Fsp3) is 0.789. The van der Waals surface area contributed by atoms with E-state index in [2.05, 4.69) is 55.1 Å². The molecule has 43 heteroatoms. The molecule has 11 aliphatic rings. The molecule has 6 saturated heterocycles. The van der Waals surface area contributed by atoms with Crippen molar-refractivity contribution >= 4 is 125 Å². The van der Waals surface area contributed by atoms with Crippen LogP contribution in [0.15, 0.2) is 30.3 Å². The monoisotopic (exact) mass is 1820 g/mol. The predicted octanol–water partition coefficient (Wildman–Crippen LogP) is 6.40. The molecule has 0 aromatic heterocycles. The minimum atomic E-state index is -3.11. The number of thioether (sulfide) groups is 1. The fourth-order valence-corrected chi connectivity index (χ4v) is 15.3. The van der Waals surface area contributed by atoms with Crippen molar-refractivity contribution in [3.63, 3.8) is 0 Å². The number of benzene rings is 1. The lowest BCUT2D eigenvalue weighted by Gasteiger charge is -2.32. The highest BCUT2D eigenvalue weighted by Crippen LogP contribution is 2.36. The Morgan fingerprint density at radius 2 is 0.840 bits per heavy atom. The molecule has 37 nitrogen and oxygen atoms in total. The maximum absolute atomic E-state index is 12.6. The first-order chi connectivity index (χ1) is 56.0. The Balaban J connectivity index is 0. The molecule has 6 heterocycles. The molecule has 12 rings (SSSR count). The van der Waals surface area contributed by atoms with Gasteiger partial charge in [0.15, 0.2) is 5.12 Å². The van der Waals surface area contributed by atoms with E-state index in [1.807, 2.05) is 35.2 Å². The molecule has 3 amide bonds. The van der Waals surface area contributed by atoms with Crippen molar-refractivity contribution in [3.8, 4) is 0 Å². The number of ether oxygens (including phenoxy) is 9. The van der Waals surface area contributed by atoms with Crippen LogP contribution in [0.1, 0.15) is 194 Å². The van der Waals surface area contributed by atoms with Gasteiger partial charge in [0.25, 0.3) is 0 Å². The Hall–Kier alpha value is -7.16. The van der Waals surface area contributed by atoms with E-state index in [-0.39, 0.29) is 107 Å². The molecule has 6 aliphatic heterocycles. The van der Waals surface area contributed by atoms with Crippen LogP contribution in [0.3, 0.4) is 0 Å². The topological polar surface area (TPSA) is 513 Å². The van der Waals surface area contributed by atoms with Gasteiger partial charge in [0.2, 0.25) is 11.8 Å². The summed E-state index contributed by atoms with van der Waals surface area (Å²) in [7, 11) is -5.22. The van der Waals surface area contributed by atoms with E-state index in [0.29, 0.717) is 75.5 Å². The SMILES string of the molecule is C1CCOCC1.COC(=O)C1CCCC1.COC(=O)[C@@H]1C[C@H](C)CN1.COC(=O)[C@H]1CC[C@@H](C)C1.COC(=O)[C@H]1CC[C@@H](C)C1.COC(=O)[C@H]1CC[C@H](SC(C)=O)C1.Cl.O=C(O)C1CCCC1.O=C([C@@H]1CCCN1)N1CCOCC1.O=C([C@@H]1CCCN1C(=O)OCc1ccccc1)N1CCOCC1.O=S(=O)=O.O=S(=O)=O.O=S(=O)=O.O=S(=O)=O. The molecule has 3 N–H and O–H groups in total.